The Morgan fingerprint density at radius 2 is 1.96 bits per heavy atom. The number of aromatic amines is 1. The largest absolute Gasteiger partial charge is 0.508 e. The van der Waals surface area contributed by atoms with Gasteiger partial charge in [0.15, 0.2) is 0 Å². The lowest BCUT2D eigenvalue weighted by molar-refractivity contribution is 0.474. The zero-order valence-electron chi connectivity index (χ0n) is 12.6. The maximum atomic E-state index is 12.7. The van der Waals surface area contributed by atoms with E-state index >= 15 is 0 Å². The average Bonchev–Trinajstić information content (AvgIpc) is 2.89. The highest BCUT2D eigenvalue weighted by molar-refractivity contribution is 5.90. The molecule has 0 saturated heterocycles. The number of nitrogens with zero attached hydrogens (tertiary/aromatic N) is 2. The van der Waals surface area contributed by atoms with Crippen LogP contribution in [0.3, 0.4) is 0 Å². The zero-order chi connectivity index (χ0) is 16.0. The number of H-pyrrole nitrogens is 1. The van der Waals surface area contributed by atoms with Gasteiger partial charge in [0.1, 0.15) is 11.3 Å². The molecule has 0 aliphatic heterocycles. The molecule has 0 fully saturated rings. The number of hydrogen-bond acceptors (Lipinski definition) is 3. The van der Waals surface area contributed by atoms with E-state index < -0.39 is 0 Å². The molecule has 0 unspecified atom stereocenters. The molecule has 0 atom stereocenters. The highest BCUT2D eigenvalue weighted by Gasteiger charge is 2.10. The lowest BCUT2D eigenvalue weighted by Crippen LogP contribution is -2.08. The van der Waals surface area contributed by atoms with Crippen molar-refractivity contribution in [2.45, 2.75) is 6.42 Å². The van der Waals surface area contributed by atoms with Gasteiger partial charge in [-0.3, -0.25) is 9.48 Å². The second-order valence-corrected chi connectivity index (χ2v) is 5.71. The predicted octanol–water partition coefficient (Wildman–Crippen LogP) is 2.71. The Bertz CT molecular complexity index is 1090. The summed E-state index contributed by atoms with van der Waals surface area (Å²) in [6, 6.07) is 13.0. The molecular weight excluding hydrogens is 290 g/mol. The minimum atomic E-state index is -0.0218. The fourth-order valence-electron chi connectivity index (χ4n) is 2.97. The Balaban J connectivity index is 1.86. The first kappa shape index (κ1) is 13.6. The maximum Gasteiger partial charge on any atom is 0.215 e. The molecule has 4 rings (SSSR count). The minimum Gasteiger partial charge on any atom is -0.508 e. The molecule has 2 aromatic heterocycles. The van der Waals surface area contributed by atoms with Crippen LogP contribution in [0.5, 0.6) is 5.75 Å². The third kappa shape index (κ3) is 2.26. The summed E-state index contributed by atoms with van der Waals surface area (Å²) in [6.45, 7) is 0. The Morgan fingerprint density at radius 3 is 2.78 bits per heavy atom. The molecule has 0 saturated carbocycles. The Labute approximate surface area is 131 Å². The second-order valence-electron chi connectivity index (χ2n) is 5.71. The Hall–Kier alpha value is -3.08. The number of aromatic nitrogens is 3. The van der Waals surface area contributed by atoms with Crippen molar-refractivity contribution in [3.63, 3.8) is 0 Å². The maximum absolute atomic E-state index is 12.7. The predicted molar refractivity (Wildman–Crippen MR) is 89.8 cm³/mol. The molecule has 23 heavy (non-hydrogen) atoms. The van der Waals surface area contributed by atoms with Gasteiger partial charge in [0, 0.05) is 18.0 Å². The van der Waals surface area contributed by atoms with E-state index in [-0.39, 0.29) is 11.2 Å². The normalized spacial score (nSPS) is 11.3. The molecule has 2 heterocycles. The van der Waals surface area contributed by atoms with E-state index in [4.69, 9.17) is 0 Å². The molecule has 0 bridgehead atoms. The number of phenolic OH excluding ortho intramolecular Hbond substituents is 1. The lowest BCUT2D eigenvalue weighted by atomic mass is 10.0. The summed E-state index contributed by atoms with van der Waals surface area (Å²) in [5.74, 6) is 0.248. The number of rotatable bonds is 2. The summed E-state index contributed by atoms with van der Waals surface area (Å²) in [4.78, 5) is 16.0. The highest BCUT2D eigenvalue weighted by Crippen LogP contribution is 2.19. The molecule has 0 aliphatic rings. The third-order valence-electron chi connectivity index (χ3n) is 4.07. The van der Waals surface area contributed by atoms with Crippen molar-refractivity contribution in [3.8, 4) is 5.75 Å². The van der Waals surface area contributed by atoms with Gasteiger partial charge in [-0.05, 0) is 41.8 Å². The Morgan fingerprint density at radius 1 is 1.13 bits per heavy atom. The van der Waals surface area contributed by atoms with Crippen molar-refractivity contribution in [3.05, 3.63) is 70.0 Å². The summed E-state index contributed by atoms with van der Waals surface area (Å²) >= 11 is 0. The number of aryl methyl sites for hydroxylation is 1. The van der Waals surface area contributed by atoms with Crippen LogP contribution in [0, 0.1) is 0 Å². The molecule has 5 heteroatoms. The van der Waals surface area contributed by atoms with Crippen LogP contribution in [-0.2, 0) is 13.5 Å². The smallest absolute Gasteiger partial charge is 0.215 e. The number of phenols is 1. The van der Waals surface area contributed by atoms with Crippen LogP contribution < -0.4 is 5.43 Å². The average molecular weight is 305 g/mol. The van der Waals surface area contributed by atoms with E-state index in [9.17, 15) is 9.90 Å². The molecule has 5 nitrogen and oxygen atoms in total. The van der Waals surface area contributed by atoms with Crippen molar-refractivity contribution < 1.29 is 5.11 Å². The number of hydrogen-bond donors (Lipinski definition) is 2. The van der Waals surface area contributed by atoms with Crippen molar-refractivity contribution in [1.82, 2.24) is 14.8 Å². The summed E-state index contributed by atoms with van der Waals surface area (Å²) in [7, 11) is 1.76. The molecule has 0 amide bonds. The van der Waals surface area contributed by atoms with Gasteiger partial charge in [-0.25, -0.2) is 0 Å². The molecule has 0 radical (unpaired) electrons. The third-order valence-corrected chi connectivity index (χ3v) is 4.07. The summed E-state index contributed by atoms with van der Waals surface area (Å²) in [6.07, 6.45) is 2.32. The van der Waals surface area contributed by atoms with Crippen LogP contribution in [-0.4, -0.2) is 19.9 Å². The van der Waals surface area contributed by atoms with Crippen LogP contribution in [0.15, 0.2) is 53.5 Å². The van der Waals surface area contributed by atoms with Gasteiger partial charge in [0.05, 0.1) is 11.7 Å². The summed E-state index contributed by atoms with van der Waals surface area (Å²) in [5.41, 5.74) is 4.12. The van der Waals surface area contributed by atoms with Crippen LogP contribution in [0.1, 0.15) is 11.1 Å². The van der Waals surface area contributed by atoms with Gasteiger partial charge in [-0.2, -0.15) is 5.10 Å². The molecule has 0 aliphatic carbocycles. The number of aromatic hydroxyl groups is 1. The fourth-order valence-corrected chi connectivity index (χ4v) is 2.97. The van der Waals surface area contributed by atoms with Crippen molar-refractivity contribution in [1.29, 1.82) is 0 Å². The molecule has 114 valence electrons. The van der Waals surface area contributed by atoms with Crippen molar-refractivity contribution in [2.24, 2.45) is 7.05 Å². The lowest BCUT2D eigenvalue weighted by Gasteiger charge is -2.05. The van der Waals surface area contributed by atoms with E-state index in [1.165, 1.54) is 0 Å². The van der Waals surface area contributed by atoms with E-state index in [2.05, 4.69) is 10.1 Å². The monoisotopic (exact) mass is 305 g/mol. The molecule has 0 spiro atoms. The first-order valence-electron chi connectivity index (χ1n) is 7.36. The SMILES string of the molecule is Cn1ncc2[nH]c3ccc(Cc4cccc(O)c4)cc3c(=O)c21. The van der Waals surface area contributed by atoms with Gasteiger partial charge < -0.3 is 10.1 Å². The summed E-state index contributed by atoms with van der Waals surface area (Å²) < 4.78 is 1.59. The van der Waals surface area contributed by atoms with Gasteiger partial charge in [-0.15, -0.1) is 0 Å². The van der Waals surface area contributed by atoms with E-state index in [1.807, 2.05) is 30.3 Å². The first-order chi connectivity index (χ1) is 11.1. The van der Waals surface area contributed by atoms with Crippen molar-refractivity contribution in [2.75, 3.05) is 0 Å². The highest BCUT2D eigenvalue weighted by atomic mass is 16.3. The molecule has 2 N–H and O–H groups in total. The summed E-state index contributed by atoms with van der Waals surface area (Å²) in [5, 5.41) is 14.4. The molecule has 2 aromatic carbocycles. The number of nitrogens with one attached hydrogen (secondary N) is 1. The topological polar surface area (TPSA) is 70.9 Å². The number of benzene rings is 2. The standard InChI is InChI=1S/C18H15N3O2/c1-21-17-16(10-19-21)20-15-6-5-12(9-14(15)18(17)23)7-11-3-2-4-13(22)8-11/h2-6,8-10,22H,7H2,1H3,(H,20,23). The van der Waals surface area contributed by atoms with Crippen LogP contribution >= 0.6 is 0 Å². The van der Waals surface area contributed by atoms with Crippen molar-refractivity contribution >= 4 is 21.9 Å². The van der Waals surface area contributed by atoms with E-state index in [1.54, 1.807) is 30.1 Å². The van der Waals surface area contributed by atoms with E-state index in [0.29, 0.717) is 17.3 Å². The van der Waals surface area contributed by atoms with Gasteiger partial charge in [0.25, 0.3) is 0 Å². The van der Waals surface area contributed by atoms with Gasteiger partial charge >= 0.3 is 0 Å². The van der Waals surface area contributed by atoms with E-state index in [0.717, 1.165) is 22.2 Å². The first-order valence-corrected chi connectivity index (χ1v) is 7.36. The fraction of sp³-hybridized carbons (Fsp3) is 0.111. The van der Waals surface area contributed by atoms with Gasteiger partial charge in [0.2, 0.25) is 5.43 Å². The number of fused-ring (bicyclic) bond motifs is 2. The minimum absolute atomic E-state index is 0.0218. The second kappa shape index (κ2) is 4.98. The van der Waals surface area contributed by atoms with Crippen LogP contribution in [0.2, 0.25) is 0 Å². The quantitative estimate of drug-likeness (QED) is 0.598. The molecular formula is C18H15N3O2. The molecule has 4 aromatic rings. The zero-order valence-corrected chi connectivity index (χ0v) is 12.6. The Kier molecular flexibility index (Phi) is 2.94. The van der Waals surface area contributed by atoms with Crippen LogP contribution in [0.4, 0.5) is 0 Å². The van der Waals surface area contributed by atoms with Crippen LogP contribution in [0.25, 0.3) is 21.9 Å². The van der Waals surface area contributed by atoms with Gasteiger partial charge in [-0.1, -0.05) is 18.2 Å². The number of pyridine rings is 1.